The molecule has 0 bridgehead atoms. The molecule has 0 saturated carbocycles. The third-order valence-electron chi connectivity index (χ3n) is 0.930. The molecule has 0 aromatic rings. The molecule has 0 saturated heterocycles. The van der Waals surface area contributed by atoms with Crippen LogP contribution in [0.15, 0.2) is 5.10 Å². The summed E-state index contributed by atoms with van der Waals surface area (Å²) in [5, 5.41) is 5.02. The molecule has 0 aliphatic carbocycles. The number of hydrazone groups is 1. The van der Waals surface area contributed by atoms with Crippen LogP contribution in [0.5, 0.6) is 0 Å². The van der Waals surface area contributed by atoms with Gasteiger partial charge in [0.25, 0.3) is 5.91 Å². The van der Waals surface area contributed by atoms with Gasteiger partial charge in [0.1, 0.15) is 12.9 Å². The molecule has 1 aliphatic heterocycles. The monoisotopic (exact) mass is 144 g/mol. The van der Waals surface area contributed by atoms with Crippen LogP contribution in [0, 0.1) is 0 Å². The van der Waals surface area contributed by atoms with Crippen LogP contribution in [-0.2, 0) is 4.79 Å². The molecular weight excluding hydrogens is 136 g/mol. The summed E-state index contributed by atoms with van der Waals surface area (Å²) < 4.78 is 0. The summed E-state index contributed by atoms with van der Waals surface area (Å²) in [6.07, 6.45) is 1.44. The van der Waals surface area contributed by atoms with Gasteiger partial charge in [-0.1, -0.05) is 0 Å². The smallest absolute Gasteiger partial charge is 0.255 e. The number of hydrazine groups is 3. The summed E-state index contributed by atoms with van der Waals surface area (Å²) >= 11 is 0. The number of nitrogens with two attached hydrogens (primary N) is 1. The largest absolute Gasteiger partial charge is 0.293 e. The predicted octanol–water partition coefficient (Wildman–Crippen LogP) is -2.76. The Balaban J connectivity index is 2.24. The molecule has 0 spiro atoms. The van der Waals surface area contributed by atoms with Crippen molar-refractivity contribution in [1.29, 1.82) is 0 Å². The highest BCUT2D eigenvalue weighted by Crippen LogP contribution is 1.79. The van der Waals surface area contributed by atoms with Gasteiger partial charge in [0.2, 0.25) is 0 Å². The lowest BCUT2D eigenvalue weighted by Gasteiger charge is -2.10. The first-order valence-corrected chi connectivity index (χ1v) is 2.63. The highest BCUT2D eigenvalue weighted by atomic mass is 16.2. The van der Waals surface area contributed by atoms with Gasteiger partial charge in [0.05, 0.1) is 0 Å². The first-order valence-electron chi connectivity index (χ1n) is 2.63. The SMILES string of the molecule is NNC(=O)CN1C=NNN1. The van der Waals surface area contributed by atoms with E-state index in [-0.39, 0.29) is 12.5 Å². The highest BCUT2D eigenvalue weighted by molar-refractivity contribution is 5.79. The van der Waals surface area contributed by atoms with Crippen LogP contribution in [-0.4, -0.2) is 23.8 Å². The molecule has 0 atom stereocenters. The summed E-state index contributed by atoms with van der Waals surface area (Å²) in [7, 11) is 0. The van der Waals surface area contributed by atoms with Crippen molar-refractivity contribution in [2.24, 2.45) is 10.9 Å². The zero-order chi connectivity index (χ0) is 7.40. The van der Waals surface area contributed by atoms with Gasteiger partial charge in [0, 0.05) is 0 Å². The van der Waals surface area contributed by atoms with E-state index in [2.05, 4.69) is 16.2 Å². The van der Waals surface area contributed by atoms with Gasteiger partial charge in [-0.25, -0.2) is 11.4 Å². The number of hydrogen-bond donors (Lipinski definition) is 4. The van der Waals surface area contributed by atoms with Crippen LogP contribution >= 0.6 is 0 Å². The second-order valence-corrected chi connectivity index (χ2v) is 1.66. The number of nitrogens with zero attached hydrogens (tertiary/aromatic N) is 2. The van der Waals surface area contributed by atoms with Gasteiger partial charge in [-0.05, 0) is 0 Å². The van der Waals surface area contributed by atoms with Crippen molar-refractivity contribution < 1.29 is 4.79 Å². The predicted molar refractivity (Wildman–Crippen MR) is 33.8 cm³/mol. The number of rotatable bonds is 2. The molecule has 0 aromatic heterocycles. The minimum atomic E-state index is -0.289. The van der Waals surface area contributed by atoms with Gasteiger partial charge in [0.15, 0.2) is 0 Å². The van der Waals surface area contributed by atoms with Crippen LogP contribution in [0.2, 0.25) is 0 Å². The lowest BCUT2D eigenvalue weighted by atomic mass is 10.6. The van der Waals surface area contributed by atoms with Crippen molar-refractivity contribution >= 4 is 12.2 Å². The van der Waals surface area contributed by atoms with Crippen LogP contribution in [0.25, 0.3) is 0 Å². The fourth-order valence-electron chi connectivity index (χ4n) is 0.501. The molecule has 0 aromatic carbocycles. The maximum Gasteiger partial charge on any atom is 0.255 e. The normalized spacial score (nSPS) is 15.1. The molecule has 56 valence electrons. The van der Waals surface area contributed by atoms with Crippen LogP contribution in [0.3, 0.4) is 0 Å². The summed E-state index contributed by atoms with van der Waals surface area (Å²) in [6.45, 7) is 0.132. The minimum absolute atomic E-state index is 0.132. The van der Waals surface area contributed by atoms with E-state index in [0.717, 1.165) is 0 Å². The lowest BCUT2D eigenvalue weighted by molar-refractivity contribution is -0.121. The molecule has 1 amide bonds. The number of nitrogens with one attached hydrogen (secondary N) is 3. The average molecular weight is 144 g/mol. The minimum Gasteiger partial charge on any atom is -0.293 e. The molecule has 7 nitrogen and oxygen atoms in total. The Kier molecular flexibility index (Phi) is 2.03. The van der Waals surface area contributed by atoms with Crippen LogP contribution in [0.4, 0.5) is 0 Å². The Labute approximate surface area is 57.2 Å². The van der Waals surface area contributed by atoms with E-state index in [9.17, 15) is 4.79 Å². The molecule has 0 fully saturated rings. The Morgan fingerprint density at radius 2 is 2.70 bits per heavy atom. The van der Waals surface area contributed by atoms with E-state index in [4.69, 9.17) is 5.84 Å². The van der Waals surface area contributed by atoms with Gasteiger partial charge in [-0.15, -0.1) is 5.53 Å². The Morgan fingerprint density at radius 1 is 1.90 bits per heavy atom. The standard InChI is InChI=1S/C3H8N6O/c4-6-3(10)1-9-2-5-7-8-9/h2,7-8H,1,4H2,(H,6,10). The average Bonchev–Trinajstić information content (AvgIpc) is 2.40. The first-order chi connectivity index (χ1) is 4.83. The number of hydrogen-bond acceptors (Lipinski definition) is 6. The molecule has 1 heterocycles. The molecule has 5 N–H and O–H groups in total. The van der Waals surface area contributed by atoms with Crippen molar-refractivity contribution in [1.82, 2.24) is 21.5 Å². The van der Waals surface area contributed by atoms with Crippen molar-refractivity contribution in [3.05, 3.63) is 0 Å². The van der Waals surface area contributed by atoms with Gasteiger partial charge in [-0.2, -0.15) is 5.10 Å². The molecule has 1 aliphatic rings. The summed E-state index contributed by atoms with van der Waals surface area (Å²) in [6, 6.07) is 0. The van der Waals surface area contributed by atoms with E-state index in [1.807, 2.05) is 5.43 Å². The van der Waals surface area contributed by atoms with Crippen LogP contribution in [0.1, 0.15) is 0 Å². The van der Waals surface area contributed by atoms with E-state index in [0.29, 0.717) is 0 Å². The Morgan fingerprint density at radius 3 is 3.20 bits per heavy atom. The van der Waals surface area contributed by atoms with Crippen molar-refractivity contribution in [2.75, 3.05) is 6.54 Å². The van der Waals surface area contributed by atoms with Gasteiger partial charge in [-0.3, -0.25) is 15.2 Å². The highest BCUT2D eigenvalue weighted by Gasteiger charge is 2.07. The van der Waals surface area contributed by atoms with Crippen molar-refractivity contribution in [3.63, 3.8) is 0 Å². The lowest BCUT2D eigenvalue weighted by Crippen LogP contribution is -2.45. The molecular formula is C3H8N6O. The first kappa shape index (κ1) is 6.78. The van der Waals surface area contributed by atoms with E-state index in [1.165, 1.54) is 11.3 Å². The summed E-state index contributed by atoms with van der Waals surface area (Å²) in [4.78, 5) is 10.6. The van der Waals surface area contributed by atoms with Crippen molar-refractivity contribution in [2.45, 2.75) is 0 Å². The topological polar surface area (TPSA) is 94.8 Å². The second kappa shape index (κ2) is 2.99. The van der Waals surface area contributed by atoms with Gasteiger partial charge >= 0.3 is 0 Å². The van der Waals surface area contributed by atoms with Crippen molar-refractivity contribution in [3.8, 4) is 0 Å². The fraction of sp³-hybridized carbons (Fsp3) is 0.333. The van der Waals surface area contributed by atoms with E-state index >= 15 is 0 Å². The quantitative estimate of drug-likeness (QED) is 0.191. The molecule has 1 rings (SSSR count). The summed E-state index contributed by atoms with van der Waals surface area (Å²) in [5.74, 6) is 4.54. The maximum absolute atomic E-state index is 10.6. The Hall–Kier alpha value is -1.34. The molecule has 10 heavy (non-hydrogen) atoms. The zero-order valence-electron chi connectivity index (χ0n) is 5.16. The number of amides is 1. The van der Waals surface area contributed by atoms with Gasteiger partial charge < -0.3 is 0 Å². The molecule has 0 radical (unpaired) electrons. The fourth-order valence-corrected chi connectivity index (χ4v) is 0.501. The second-order valence-electron chi connectivity index (χ2n) is 1.66. The molecule has 0 unspecified atom stereocenters. The maximum atomic E-state index is 10.6. The van der Waals surface area contributed by atoms with E-state index in [1.54, 1.807) is 0 Å². The third kappa shape index (κ3) is 1.57. The third-order valence-corrected chi connectivity index (χ3v) is 0.930. The van der Waals surface area contributed by atoms with E-state index < -0.39 is 0 Å². The number of carbonyl (C=O) groups excluding carboxylic acids is 1. The number of carbonyl (C=O) groups is 1. The zero-order valence-corrected chi connectivity index (χ0v) is 5.16. The van der Waals surface area contributed by atoms with Crippen LogP contribution < -0.4 is 22.3 Å². The molecule has 7 heteroatoms. The summed E-state index contributed by atoms with van der Waals surface area (Å²) in [5.41, 5.74) is 6.97. The Bertz CT molecular complexity index is 155.